The average molecular weight is 306 g/mol. The van der Waals surface area contributed by atoms with E-state index in [-0.39, 0.29) is 11.4 Å². The topological polar surface area (TPSA) is 44.0 Å². The molecule has 0 saturated carbocycles. The summed E-state index contributed by atoms with van der Waals surface area (Å²) in [5, 5.41) is 0. The maximum absolute atomic E-state index is 14.1. The zero-order valence-electron chi connectivity index (χ0n) is 12.8. The smallest absolute Gasteiger partial charge is 0.295 e. The molecule has 1 aromatic heterocycles. The van der Waals surface area contributed by atoms with Crippen molar-refractivity contribution in [3.63, 3.8) is 0 Å². The number of carbonyl (C=O) groups excluding carboxylic acids is 1. The molecule has 0 atom stereocenters. The second-order valence-corrected chi connectivity index (χ2v) is 5.15. The second kappa shape index (κ2) is 5.71. The lowest BCUT2D eigenvalue weighted by Gasteiger charge is -2.06. The molecule has 0 N–H and O–H groups in total. The van der Waals surface area contributed by atoms with Crippen molar-refractivity contribution in [2.45, 2.75) is 20.8 Å². The Balaban J connectivity index is 2.73. The lowest BCUT2D eigenvalue weighted by Crippen LogP contribution is -2.22. The maximum atomic E-state index is 14.1. The van der Waals surface area contributed by atoms with Crippen molar-refractivity contribution in [1.82, 2.24) is 9.13 Å². The molecule has 0 aliphatic heterocycles. The number of ketones is 1. The van der Waals surface area contributed by atoms with Crippen LogP contribution in [0.2, 0.25) is 0 Å². The van der Waals surface area contributed by atoms with Crippen LogP contribution in [0.25, 0.3) is 11.8 Å². The summed E-state index contributed by atoms with van der Waals surface area (Å²) in [4.78, 5) is 23.3. The quantitative estimate of drug-likeness (QED) is 0.819. The molecule has 0 unspecified atom stereocenters. The minimum Gasteiger partial charge on any atom is -0.295 e. The third-order valence-electron chi connectivity index (χ3n) is 3.49. The van der Waals surface area contributed by atoms with Gasteiger partial charge in [-0.2, -0.15) is 0 Å². The molecular formula is C16H16F2N2O2. The Hall–Kier alpha value is -2.50. The molecule has 0 bridgehead atoms. The molecule has 0 spiro atoms. The molecule has 0 aliphatic rings. The fourth-order valence-corrected chi connectivity index (χ4v) is 2.25. The van der Waals surface area contributed by atoms with Gasteiger partial charge in [-0.1, -0.05) is 6.07 Å². The lowest BCUT2D eigenvalue weighted by atomic mass is 10.2. The molecule has 0 aliphatic carbocycles. The first kappa shape index (κ1) is 15.9. The van der Waals surface area contributed by atoms with Crippen LogP contribution >= 0.6 is 0 Å². The summed E-state index contributed by atoms with van der Waals surface area (Å²) in [6.07, 6.45) is 0.988. The molecule has 1 aromatic carbocycles. The van der Waals surface area contributed by atoms with Gasteiger partial charge in [-0.15, -0.1) is 0 Å². The van der Waals surface area contributed by atoms with E-state index >= 15 is 0 Å². The van der Waals surface area contributed by atoms with Gasteiger partial charge in [0.05, 0.1) is 11.4 Å². The highest BCUT2D eigenvalue weighted by Crippen LogP contribution is 2.19. The Morgan fingerprint density at radius 2 is 1.91 bits per heavy atom. The van der Waals surface area contributed by atoms with Gasteiger partial charge in [0.25, 0.3) is 0 Å². The van der Waals surface area contributed by atoms with E-state index in [4.69, 9.17) is 0 Å². The highest BCUT2D eigenvalue weighted by Gasteiger charge is 2.18. The molecule has 22 heavy (non-hydrogen) atoms. The molecule has 2 aromatic rings. The van der Waals surface area contributed by atoms with Crippen LogP contribution in [0, 0.1) is 19.7 Å². The third-order valence-corrected chi connectivity index (χ3v) is 3.49. The van der Waals surface area contributed by atoms with Gasteiger partial charge < -0.3 is 0 Å². The molecule has 4 nitrogen and oxygen atoms in total. The number of aryl methyl sites for hydroxylation is 1. The average Bonchev–Trinajstić information content (AvgIpc) is 2.64. The fraction of sp³-hybridized carbons (Fsp3) is 0.250. The minimum absolute atomic E-state index is 0.0894. The monoisotopic (exact) mass is 306 g/mol. The Morgan fingerprint density at radius 3 is 2.45 bits per heavy atom. The van der Waals surface area contributed by atoms with Crippen LogP contribution in [-0.4, -0.2) is 14.9 Å². The summed E-state index contributed by atoms with van der Waals surface area (Å²) in [6.45, 7) is 4.40. The first-order valence-corrected chi connectivity index (χ1v) is 6.67. The predicted molar refractivity (Wildman–Crippen MR) is 80.2 cm³/mol. The van der Waals surface area contributed by atoms with Gasteiger partial charge in [-0.05, 0) is 31.5 Å². The van der Waals surface area contributed by atoms with Crippen LogP contribution in [0.4, 0.5) is 8.78 Å². The molecule has 0 saturated heterocycles. The highest BCUT2D eigenvalue weighted by molar-refractivity contribution is 5.95. The number of allylic oxidation sites excluding steroid dienone is 1. The summed E-state index contributed by atoms with van der Waals surface area (Å²) >= 11 is 0. The van der Waals surface area contributed by atoms with Crippen LogP contribution < -0.4 is 5.69 Å². The van der Waals surface area contributed by atoms with Crippen molar-refractivity contribution in [2.24, 2.45) is 7.05 Å². The fourth-order valence-electron chi connectivity index (χ4n) is 2.25. The molecule has 0 fully saturated rings. The van der Waals surface area contributed by atoms with Crippen molar-refractivity contribution < 1.29 is 13.6 Å². The number of imidazole rings is 1. The van der Waals surface area contributed by atoms with E-state index < -0.39 is 23.1 Å². The summed E-state index contributed by atoms with van der Waals surface area (Å²) < 4.78 is 30.0. The van der Waals surface area contributed by atoms with Crippen molar-refractivity contribution in [3.05, 3.63) is 57.3 Å². The summed E-state index contributed by atoms with van der Waals surface area (Å²) in [6, 6.07) is 4.50. The van der Waals surface area contributed by atoms with Gasteiger partial charge >= 0.3 is 5.69 Å². The van der Waals surface area contributed by atoms with E-state index in [0.717, 1.165) is 23.1 Å². The summed E-state index contributed by atoms with van der Waals surface area (Å²) in [5.41, 5.74) is 0.879. The van der Waals surface area contributed by atoms with Crippen molar-refractivity contribution >= 4 is 11.9 Å². The van der Waals surface area contributed by atoms with Gasteiger partial charge in [-0.25, -0.2) is 13.6 Å². The van der Waals surface area contributed by atoms with E-state index in [9.17, 15) is 18.4 Å². The van der Waals surface area contributed by atoms with Crippen LogP contribution in [0.15, 0.2) is 28.8 Å². The van der Waals surface area contributed by atoms with Gasteiger partial charge in [0.1, 0.15) is 5.82 Å². The van der Waals surface area contributed by atoms with Crippen molar-refractivity contribution in [2.75, 3.05) is 0 Å². The summed E-state index contributed by atoms with van der Waals surface area (Å²) in [7, 11) is 1.44. The SMILES string of the molecule is CC(=O)/C(F)=C\c1c(C)n(-c2ccc(C)cc2F)c(=O)n1C. The van der Waals surface area contributed by atoms with Gasteiger partial charge in [0.2, 0.25) is 0 Å². The molecule has 0 amide bonds. The van der Waals surface area contributed by atoms with Gasteiger partial charge in [0, 0.05) is 25.7 Å². The Bertz CT molecular complexity index is 845. The number of Topliss-reactive ketones (excluding diaryl/α,β-unsaturated/α-hetero) is 1. The third kappa shape index (κ3) is 2.64. The van der Waals surface area contributed by atoms with Crippen LogP contribution in [0.5, 0.6) is 0 Å². The normalized spacial score (nSPS) is 11.8. The van der Waals surface area contributed by atoms with Crippen LogP contribution in [0.1, 0.15) is 23.9 Å². The van der Waals surface area contributed by atoms with E-state index in [1.54, 1.807) is 19.9 Å². The van der Waals surface area contributed by atoms with Gasteiger partial charge in [0.15, 0.2) is 11.6 Å². The van der Waals surface area contributed by atoms with E-state index in [2.05, 4.69) is 0 Å². The molecular weight excluding hydrogens is 290 g/mol. The van der Waals surface area contributed by atoms with E-state index in [0.29, 0.717) is 5.69 Å². The van der Waals surface area contributed by atoms with Gasteiger partial charge in [-0.3, -0.25) is 13.9 Å². The van der Waals surface area contributed by atoms with Crippen molar-refractivity contribution in [1.29, 1.82) is 0 Å². The lowest BCUT2D eigenvalue weighted by molar-refractivity contribution is -0.114. The number of hydrogen-bond donors (Lipinski definition) is 0. The first-order valence-electron chi connectivity index (χ1n) is 6.67. The number of carbonyl (C=O) groups is 1. The second-order valence-electron chi connectivity index (χ2n) is 5.15. The number of benzene rings is 1. The molecule has 1 heterocycles. The largest absolute Gasteiger partial charge is 0.333 e. The molecule has 116 valence electrons. The highest BCUT2D eigenvalue weighted by atomic mass is 19.1. The minimum atomic E-state index is -0.958. The number of halogens is 2. The summed E-state index contributed by atoms with van der Waals surface area (Å²) in [5.74, 6) is -2.24. The maximum Gasteiger partial charge on any atom is 0.333 e. The zero-order valence-corrected chi connectivity index (χ0v) is 12.8. The molecule has 6 heteroatoms. The number of rotatable bonds is 3. The standard InChI is InChI=1S/C16H16F2N2O2/c1-9-5-6-14(13(18)7-9)20-10(2)15(19(4)16(20)22)8-12(17)11(3)21/h5-8H,1-4H3/b12-8+. The van der Waals surface area contributed by atoms with Crippen LogP contribution in [0.3, 0.4) is 0 Å². The number of aromatic nitrogens is 2. The zero-order chi connectivity index (χ0) is 16.6. The molecule has 2 rings (SSSR count). The first-order chi connectivity index (χ1) is 10.2. The van der Waals surface area contributed by atoms with E-state index in [1.807, 2.05) is 0 Å². The number of nitrogens with zero attached hydrogens (tertiary/aromatic N) is 2. The molecule has 0 radical (unpaired) electrons. The van der Waals surface area contributed by atoms with Crippen LogP contribution in [-0.2, 0) is 11.8 Å². The van der Waals surface area contributed by atoms with Crippen molar-refractivity contribution in [3.8, 4) is 5.69 Å². The Morgan fingerprint density at radius 1 is 1.27 bits per heavy atom. The predicted octanol–water partition coefficient (Wildman–Crippen LogP) is 2.83. The number of hydrogen-bond acceptors (Lipinski definition) is 2. The Kier molecular flexibility index (Phi) is 4.12. The van der Waals surface area contributed by atoms with E-state index in [1.165, 1.54) is 23.7 Å². The Labute approximate surface area is 126 Å².